The molecule has 3 aromatic rings. The monoisotopic (exact) mass is 422 g/mol. The van der Waals surface area contributed by atoms with Crippen LogP contribution in [0.1, 0.15) is 41.0 Å². The van der Waals surface area contributed by atoms with Crippen molar-refractivity contribution in [2.75, 3.05) is 13.1 Å². The summed E-state index contributed by atoms with van der Waals surface area (Å²) in [5, 5.41) is 0.566. The van der Waals surface area contributed by atoms with Gasteiger partial charge in [-0.25, -0.2) is 4.98 Å². The highest BCUT2D eigenvalue weighted by atomic mass is 35.5. The zero-order valence-corrected chi connectivity index (χ0v) is 17.6. The number of nitrogens with zero attached hydrogens (tertiary/aromatic N) is 3. The van der Waals surface area contributed by atoms with E-state index in [1.54, 1.807) is 16.8 Å². The third-order valence-corrected chi connectivity index (χ3v) is 6.82. The summed E-state index contributed by atoms with van der Waals surface area (Å²) < 4.78 is 1.77. The number of nitrogens with one attached hydrogen (secondary N) is 1. The number of rotatable bonds is 2. The lowest BCUT2D eigenvalue weighted by molar-refractivity contribution is 0.0654. The van der Waals surface area contributed by atoms with Gasteiger partial charge in [-0.2, -0.15) is 0 Å². The van der Waals surface area contributed by atoms with Crippen LogP contribution < -0.4 is 5.56 Å². The molecule has 7 heteroatoms. The Morgan fingerprint density at radius 2 is 1.90 bits per heavy atom. The summed E-state index contributed by atoms with van der Waals surface area (Å²) in [6, 6.07) is 11.5. The molecule has 0 unspecified atom stereocenters. The van der Waals surface area contributed by atoms with Crippen molar-refractivity contribution in [3.05, 3.63) is 74.9 Å². The molecule has 1 N–H and O–H groups in total. The Hall–Kier alpha value is -2.86. The lowest BCUT2D eigenvalue weighted by atomic mass is 9.76. The Bertz CT molecular complexity index is 1170. The number of hydrogen-bond donors (Lipinski definition) is 1. The van der Waals surface area contributed by atoms with Gasteiger partial charge in [0.25, 0.3) is 11.5 Å². The van der Waals surface area contributed by atoms with Crippen molar-refractivity contribution < 1.29 is 4.79 Å². The van der Waals surface area contributed by atoms with E-state index in [0.717, 1.165) is 42.5 Å². The molecule has 6 nitrogen and oxygen atoms in total. The van der Waals surface area contributed by atoms with Crippen molar-refractivity contribution in [1.82, 2.24) is 19.4 Å². The van der Waals surface area contributed by atoms with Crippen LogP contribution in [0.4, 0.5) is 0 Å². The molecule has 3 heterocycles. The number of halogens is 1. The quantitative estimate of drug-likeness (QED) is 0.686. The van der Waals surface area contributed by atoms with Gasteiger partial charge in [0.05, 0.1) is 10.7 Å². The first kappa shape index (κ1) is 19.1. The van der Waals surface area contributed by atoms with Gasteiger partial charge in [-0.15, -0.1) is 0 Å². The van der Waals surface area contributed by atoms with Gasteiger partial charge >= 0.3 is 0 Å². The molecule has 0 bridgehead atoms. The minimum Gasteiger partial charge on any atom is -0.345 e. The second-order valence-electron chi connectivity index (χ2n) is 8.33. The highest BCUT2D eigenvalue weighted by Crippen LogP contribution is 2.44. The van der Waals surface area contributed by atoms with Gasteiger partial charge in [-0.3, -0.25) is 9.59 Å². The second-order valence-corrected chi connectivity index (χ2v) is 8.77. The molecule has 1 aliphatic heterocycles. The summed E-state index contributed by atoms with van der Waals surface area (Å²) in [5.41, 5.74) is 3.09. The Kier molecular flexibility index (Phi) is 4.54. The molecule has 154 valence electrons. The van der Waals surface area contributed by atoms with Gasteiger partial charge < -0.3 is 14.5 Å². The minimum atomic E-state index is -0.129. The molecule has 2 aliphatic rings. The van der Waals surface area contributed by atoms with Crippen LogP contribution in [0.3, 0.4) is 0 Å². The summed E-state index contributed by atoms with van der Waals surface area (Å²) in [6.45, 7) is 1.30. The second kappa shape index (κ2) is 7.13. The fraction of sp³-hybridized carbons (Fsp3) is 0.348. The van der Waals surface area contributed by atoms with E-state index in [0.29, 0.717) is 29.6 Å². The van der Waals surface area contributed by atoms with Gasteiger partial charge in [0.2, 0.25) is 0 Å². The fourth-order valence-corrected chi connectivity index (χ4v) is 5.16. The van der Waals surface area contributed by atoms with E-state index >= 15 is 0 Å². The van der Waals surface area contributed by atoms with Crippen molar-refractivity contribution in [3.8, 4) is 11.4 Å². The summed E-state index contributed by atoms with van der Waals surface area (Å²) in [4.78, 5) is 35.5. The largest absolute Gasteiger partial charge is 0.345 e. The predicted octanol–water partition coefficient (Wildman–Crippen LogP) is 3.55. The number of aromatic amines is 1. The standard InChI is InChI=1S/C23H23ClN4O2/c1-27-14-16(24)13-18(27)22(30)28-11-9-23(10-12-28)8-7-17-19(23)25-20(26-21(17)29)15-5-3-2-4-6-15/h2-6,13-14H,7-12H2,1H3,(H,25,26,29). The maximum atomic E-state index is 13.0. The molecule has 1 amide bonds. The molecular formula is C23H23ClN4O2. The average Bonchev–Trinajstić information content (AvgIpc) is 3.28. The summed E-state index contributed by atoms with van der Waals surface area (Å²) in [7, 11) is 1.83. The first-order valence-electron chi connectivity index (χ1n) is 10.3. The van der Waals surface area contributed by atoms with E-state index in [1.165, 1.54) is 0 Å². The van der Waals surface area contributed by atoms with Crippen molar-refractivity contribution in [3.63, 3.8) is 0 Å². The third kappa shape index (κ3) is 3.06. The number of aromatic nitrogens is 3. The van der Waals surface area contributed by atoms with Crippen molar-refractivity contribution >= 4 is 17.5 Å². The SMILES string of the molecule is Cn1cc(Cl)cc1C(=O)N1CCC2(CCc3c2nc(-c2ccccc2)[nH]c3=O)CC1. The number of carbonyl (C=O) groups is 1. The van der Waals surface area contributed by atoms with Gasteiger partial charge in [0, 0.05) is 42.9 Å². The number of piperidine rings is 1. The van der Waals surface area contributed by atoms with Gasteiger partial charge in [-0.1, -0.05) is 41.9 Å². The van der Waals surface area contributed by atoms with Crippen LogP contribution in [0.2, 0.25) is 5.02 Å². The van der Waals surface area contributed by atoms with Crippen LogP contribution >= 0.6 is 11.6 Å². The first-order valence-corrected chi connectivity index (χ1v) is 10.6. The Morgan fingerprint density at radius 3 is 2.57 bits per heavy atom. The van der Waals surface area contributed by atoms with E-state index in [1.807, 2.05) is 42.3 Å². The van der Waals surface area contributed by atoms with Crippen LogP contribution in [-0.4, -0.2) is 38.4 Å². The van der Waals surface area contributed by atoms with Crippen LogP contribution in [-0.2, 0) is 18.9 Å². The fourth-order valence-electron chi connectivity index (χ4n) is 4.91. The van der Waals surface area contributed by atoms with E-state index in [4.69, 9.17) is 16.6 Å². The topological polar surface area (TPSA) is 71.0 Å². The van der Waals surface area contributed by atoms with E-state index in [9.17, 15) is 9.59 Å². The average molecular weight is 423 g/mol. The van der Waals surface area contributed by atoms with Gasteiger partial charge in [-0.05, 0) is 31.7 Å². The smallest absolute Gasteiger partial charge is 0.270 e. The highest BCUT2D eigenvalue weighted by molar-refractivity contribution is 6.31. The van der Waals surface area contributed by atoms with Crippen LogP contribution in [0.15, 0.2) is 47.4 Å². The maximum Gasteiger partial charge on any atom is 0.270 e. The lowest BCUT2D eigenvalue weighted by Gasteiger charge is -2.39. The van der Waals surface area contributed by atoms with Crippen LogP contribution in [0.25, 0.3) is 11.4 Å². The molecule has 0 atom stereocenters. The molecule has 5 rings (SSSR count). The number of amides is 1. The molecular weight excluding hydrogens is 400 g/mol. The Balaban J connectivity index is 1.42. The molecule has 1 fully saturated rings. The minimum absolute atomic E-state index is 0.00122. The number of H-pyrrole nitrogens is 1. The molecule has 0 saturated carbocycles. The van der Waals surface area contributed by atoms with Crippen LogP contribution in [0.5, 0.6) is 0 Å². The third-order valence-electron chi connectivity index (χ3n) is 6.62. The first-order chi connectivity index (χ1) is 14.5. The summed E-state index contributed by atoms with van der Waals surface area (Å²) >= 11 is 6.05. The van der Waals surface area contributed by atoms with Crippen LogP contribution in [0, 0.1) is 0 Å². The molecule has 1 aliphatic carbocycles. The predicted molar refractivity (Wildman–Crippen MR) is 116 cm³/mol. The Labute approximate surface area is 179 Å². The van der Waals surface area contributed by atoms with E-state index in [2.05, 4.69) is 4.98 Å². The number of carbonyl (C=O) groups excluding carboxylic acids is 1. The molecule has 1 saturated heterocycles. The van der Waals surface area contributed by atoms with Crippen molar-refractivity contribution in [2.45, 2.75) is 31.1 Å². The highest BCUT2D eigenvalue weighted by Gasteiger charge is 2.44. The summed E-state index contributed by atoms with van der Waals surface area (Å²) in [5.74, 6) is 0.624. The number of aryl methyl sites for hydroxylation is 1. The molecule has 2 aromatic heterocycles. The number of hydrogen-bond acceptors (Lipinski definition) is 3. The number of likely N-dealkylation sites (tertiary alicyclic amines) is 1. The van der Waals surface area contributed by atoms with E-state index in [-0.39, 0.29) is 16.9 Å². The van der Waals surface area contributed by atoms with E-state index < -0.39 is 0 Å². The molecule has 30 heavy (non-hydrogen) atoms. The Morgan fingerprint density at radius 1 is 1.17 bits per heavy atom. The van der Waals surface area contributed by atoms with Gasteiger partial charge in [0.15, 0.2) is 0 Å². The molecule has 1 spiro atoms. The zero-order chi connectivity index (χ0) is 20.9. The lowest BCUT2D eigenvalue weighted by Crippen LogP contribution is -2.45. The normalized spacial score (nSPS) is 17.3. The van der Waals surface area contributed by atoms with Gasteiger partial charge in [0.1, 0.15) is 11.5 Å². The molecule has 1 aromatic carbocycles. The molecule has 0 radical (unpaired) electrons. The summed E-state index contributed by atoms with van der Waals surface area (Å²) in [6.07, 6.45) is 5.03. The number of benzene rings is 1. The zero-order valence-electron chi connectivity index (χ0n) is 16.8. The van der Waals surface area contributed by atoms with Crippen molar-refractivity contribution in [1.29, 1.82) is 0 Å². The van der Waals surface area contributed by atoms with Crippen molar-refractivity contribution in [2.24, 2.45) is 7.05 Å². The number of fused-ring (bicyclic) bond motifs is 2. The maximum absolute atomic E-state index is 13.0.